The molecule has 0 aliphatic carbocycles. The number of aliphatic hydroxyl groups is 1. The van der Waals surface area contributed by atoms with Crippen molar-refractivity contribution in [2.24, 2.45) is 0 Å². The lowest BCUT2D eigenvalue weighted by Crippen LogP contribution is -2.25. The Morgan fingerprint density at radius 1 is 1.10 bits per heavy atom. The standard InChI is InChI=1S/C16H23N3O/c1-11(2)12-6-8-13(9-7-12)15-18-17-14(10-20)19(15)16(3,4)5/h6-9,11,20H,10H2,1-5H3. The van der Waals surface area contributed by atoms with E-state index in [2.05, 4.69) is 69.1 Å². The minimum Gasteiger partial charge on any atom is -0.388 e. The second-order valence-electron chi connectivity index (χ2n) is 6.38. The molecule has 4 heteroatoms. The number of benzene rings is 1. The van der Waals surface area contributed by atoms with E-state index in [0.717, 1.165) is 11.4 Å². The lowest BCUT2D eigenvalue weighted by Gasteiger charge is -2.24. The second kappa shape index (κ2) is 5.37. The molecule has 0 spiro atoms. The summed E-state index contributed by atoms with van der Waals surface area (Å²) < 4.78 is 2.00. The van der Waals surface area contributed by atoms with Gasteiger partial charge < -0.3 is 9.67 Å². The minimum atomic E-state index is -0.173. The van der Waals surface area contributed by atoms with Crippen LogP contribution in [0.4, 0.5) is 0 Å². The van der Waals surface area contributed by atoms with Crippen molar-refractivity contribution in [2.45, 2.75) is 52.7 Å². The second-order valence-corrected chi connectivity index (χ2v) is 6.38. The molecule has 0 unspecified atom stereocenters. The molecule has 2 rings (SSSR count). The van der Waals surface area contributed by atoms with Crippen LogP contribution in [0.1, 0.15) is 51.9 Å². The van der Waals surface area contributed by atoms with Crippen molar-refractivity contribution in [1.82, 2.24) is 14.8 Å². The molecule has 4 nitrogen and oxygen atoms in total. The molecule has 0 saturated carbocycles. The van der Waals surface area contributed by atoms with Gasteiger partial charge in [0.1, 0.15) is 6.61 Å². The maximum atomic E-state index is 9.44. The van der Waals surface area contributed by atoms with E-state index in [1.807, 2.05) is 4.57 Å². The normalized spacial score (nSPS) is 12.2. The van der Waals surface area contributed by atoms with Gasteiger partial charge in [-0.3, -0.25) is 0 Å². The van der Waals surface area contributed by atoms with Crippen LogP contribution in [0.2, 0.25) is 0 Å². The zero-order chi connectivity index (χ0) is 14.9. The van der Waals surface area contributed by atoms with Crippen molar-refractivity contribution in [3.63, 3.8) is 0 Å². The number of hydrogen-bond acceptors (Lipinski definition) is 3. The summed E-state index contributed by atoms with van der Waals surface area (Å²) in [6, 6.07) is 8.39. The largest absolute Gasteiger partial charge is 0.388 e. The molecule has 0 atom stereocenters. The highest BCUT2D eigenvalue weighted by Crippen LogP contribution is 2.27. The Labute approximate surface area is 120 Å². The monoisotopic (exact) mass is 273 g/mol. The van der Waals surface area contributed by atoms with Crippen LogP contribution in [-0.2, 0) is 12.1 Å². The Morgan fingerprint density at radius 3 is 2.15 bits per heavy atom. The van der Waals surface area contributed by atoms with Crippen LogP contribution >= 0.6 is 0 Å². The molecule has 0 radical (unpaired) electrons. The zero-order valence-corrected chi connectivity index (χ0v) is 12.9. The van der Waals surface area contributed by atoms with Gasteiger partial charge in [-0.25, -0.2) is 0 Å². The summed E-state index contributed by atoms with van der Waals surface area (Å²) in [6.07, 6.45) is 0. The molecular weight excluding hydrogens is 250 g/mol. The van der Waals surface area contributed by atoms with Gasteiger partial charge in [-0.2, -0.15) is 0 Å². The Morgan fingerprint density at radius 2 is 1.70 bits per heavy atom. The van der Waals surface area contributed by atoms with Gasteiger partial charge in [0.15, 0.2) is 11.6 Å². The summed E-state index contributed by atoms with van der Waals surface area (Å²) in [5, 5.41) is 17.8. The van der Waals surface area contributed by atoms with Crippen LogP contribution < -0.4 is 0 Å². The van der Waals surface area contributed by atoms with E-state index in [4.69, 9.17) is 0 Å². The van der Waals surface area contributed by atoms with E-state index >= 15 is 0 Å². The molecule has 1 N–H and O–H groups in total. The van der Waals surface area contributed by atoms with Gasteiger partial charge in [0.2, 0.25) is 0 Å². The lowest BCUT2D eigenvalue weighted by atomic mass is 10.0. The van der Waals surface area contributed by atoms with Crippen molar-refractivity contribution >= 4 is 0 Å². The summed E-state index contributed by atoms with van der Waals surface area (Å²) in [6.45, 7) is 10.5. The van der Waals surface area contributed by atoms with E-state index in [9.17, 15) is 5.11 Å². The van der Waals surface area contributed by atoms with Gasteiger partial charge >= 0.3 is 0 Å². The molecule has 0 amide bonds. The predicted octanol–water partition coefficient (Wildman–Crippen LogP) is 3.32. The molecule has 0 saturated heterocycles. The van der Waals surface area contributed by atoms with E-state index in [0.29, 0.717) is 11.7 Å². The average Bonchev–Trinajstić information content (AvgIpc) is 2.82. The van der Waals surface area contributed by atoms with Crippen LogP contribution in [0.25, 0.3) is 11.4 Å². The fourth-order valence-corrected chi connectivity index (χ4v) is 2.33. The smallest absolute Gasteiger partial charge is 0.164 e. The molecule has 0 aliphatic heterocycles. The fraction of sp³-hybridized carbons (Fsp3) is 0.500. The summed E-state index contributed by atoms with van der Waals surface area (Å²) in [7, 11) is 0. The topological polar surface area (TPSA) is 50.9 Å². The number of rotatable bonds is 3. The molecule has 2 aromatic rings. The molecule has 0 fully saturated rings. The van der Waals surface area contributed by atoms with Crippen LogP contribution in [0.3, 0.4) is 0 Å². The van der Waals surface area contributed by atoms with Crippen molar-refractivity contribution in [3.05, 3.63) is 35.7 Å². The van der Waals surface area contributed by atoms with Crippen LogP contribution in [0.15, 0.2) is 24.3 Å². The Balaban J connectivity index is 2.50. The molecule has 20 heavy (non-hydrogen) atoms. The van der Waals surface area contributed by atoms with Gasteiger partial charge in [-0.05, 0) is 32.3 Å². The first-order chi connectivity index (χ1) is 9.34. The number of aliphatic hydroxyl groups excluding tert-OH is 1. The third-order valence-electron chi connectivity index (χ3n) is 3.38. The maximum Gasteiger partial charge on any atom is 0.164 e. The molecule has 0 bridgehead atoms. The Kier molecular flexibility index (Phi) is 3.95. The number of aromatic nitrogens is 3. The SMILES string of the molecule is CC(C)c1ccc(-c2nnc(CO)n2C(C)(C)C)cc1. The molecule has 108 valence electrons. The van der Waals surface area contributed by atoms with E-state index in [1.165, 1.54) is 5.56 Å². The quantitative estimate of drug-likeness (QED) is 0.933. The summed E-state index contributed by atoms with van der Waals surface area (Å²) >= 11 is 0. The summed E-state index contributed by atoms with van der Waals surface area (Å²) in [5.41, 5.74) is 2.16. The average molecular weight is 273 g/mol. The van der Waals surface area contributed by atoms with Gasteiger partial charge in [-0.1, -0.05) is 38.1 Å². The van der Waals surface area contributed by atoms with Crippen LogP contribution in [0, 0.1) is 0 Å². The van der Waals surface area contributed by atoms with E-state index in [1.54, 1.807) is 0 Å². The third kappa shape index (κ3) is 2.75. The van der Waals surface area contributed by atoms with Gasteiger partial charge in [0.05, 0.1) is 0 Å². The van der Waals surface area contributed by atoms with Crippen molar-refractivity contribution < 1.29 is 5.11 Å². The Bertz CT molecular complexity index is 577. The van der Waals surface area contributed by atoms with Gasteiger partial charge in [0.25, 0.3) is 0 Å². The Hall–Kier alpha value is -1.68. The first kappa shape index (κ1) is 14.7. The van der Waals surface area contributed by atoms with Crippen molar-refractivity contribution in [3.8, 4) is 11.4 Å². The zero-order valence-electron chi connectivity index (χ0n) is 12.9. The van der Waals surface area contributed by atoms with Crippen molar-refractivity contribution in [1.29, 1.82) is 0 Å². The lowest BCUT2D eigenvalue weighted by molar-refractivity contribution is 0.250. The number of nitrogens with zero attached hydrogens (tertiary/aromatic N) is 3. The van der Waals surface area contributed by atoms with Crippen molar-refractivity contribution in [2.75, 3.05) is 0 Å². The van der Waals surface area contributed by atoms with Gasteiger partial charge in [0, 0.05) is 11.1 Å². The molecule has 1 aromatic carbocycles. The number of hydrogen-bond donors (Lipinski definition) is 1. The van der Waals surface area contributed by atoms with Gasteiger partial charge in [-0.15, -0.1) is 10.2 Å². The first-order valence-corrected chi connectivity index (χ1v) is 7.00. The minimum absolute atomic E-state index is 0.103. The molecule has 1 heterocycles. The first-order valence-electron chi connectivity index (χ1n) is 7.00. The summed E-state index contributed by atoms with van der Waals surface area (Å²) in [5.74, 6) is 1.91. The van der Waals surface area contributed by atoms with E-state index in [-0.39, 0.29) is 12.1 Å². The fourth-order valence-electron chi connectivity index (χ4n) is 2.33. The summed E-state index contributed by atoms with van der Waals surface area (Å²) in [4.78, 5) is 0. The van der Waals surface area contributed by atoms with E-state index < -0.39 is 0 Å². The molecular formula is C16H23N3O. The third-order valence-corrected chi connectivity index (χ3v) is 3.38. The highest BCUT2D eigenvalue weighted by molar-refractivity contribution is 5.56. The molecule has 1 aromatic heterocycles. The predicted molar refractivity (Wildman–Crippen MR) is 80.5 cm³/mol. The highest BCUT2D eigenvalue weighted by atomic mass is 16.3. The van der Waals surface area contributed by atoms with Crippen LogP contribution in [-0.4, -0.2) is 19.9 Å². The highest BCUT2D eigenvalue weighted by Gasteiger charge is 2.23. The van der Waals surface area contributed by atoms with Crippen LogP contribution in [0.5, 0.6) is 0 Å². The molecule has 0 aliphatic rings. The maximum absolute atomic E-state index is 9.44.